The first-order valence-electron chi connectivity index (χ1n) is 6.50. The van der Waals surface area contributed by atoms with E-state index in [4.69, 9.17) is 4.52 Å². The number of aromatic nitrogens is 1. The lowest BCUT2D eigenvalue weighted by Crippen LogP contribution is -2.45. The molecule has 1 fully saturated rings. The Kier molecular flexibility index (Phi) is 3.87. The minimum absolute atomic E-state index is 0.380. The number of aryl methyl sites for hydroxylation is 2. The van der Waals surface area contributed by atoms with Crippen molar-refractivity contribution in [3.05, 3.63) is 11.5 Å². The van der Waals surface area contributed by atoms with Gasteiger partial charge in [0.25, 0.3) is 0 Å². The van der Waals surface area contributed by atoms with Gasteiger partial charge >= 0.3 is 10.2 Å². The number of piperidine rings is 1. The highest BCUT2D eigenvalue weighted by Crippen LogP contribution is 2.26. The zero-order valence-corrected chi connectivity index (χ0v) is 12.6. The topological polar surface area (TPSA) is 75.4 Å². The summed E-state index contributed by atoms with van der Waals surface area (Å²) in [6.45, 7) is 8.68. The van der Waals surface area contributed by atoms with Crippen LogP contribution in [0.15, 0.2) is 4.52 Å². The van der Waals surface area contributed by atoms with Crippen molar-refractivity contribution in [2.75, 3.05) is 17.8 Å². The van der Waals surface area contributed by atoms with Crippen molar-refractivity contribution in [2.24, 2.45) is 11.8 Å². The van der Waals surface area contributed by atoms with Gasteiger partial charge in [0.2, 0.25) is 0 Å². The Bertz CT molecular complexity index is 523. The molecule has 0 spiro atoms. The van der Waals surface area contributed by atoms with Crippen molar-refractivity contribution in [1.82, 2.24) is 9.46 Å². The van der Waals surface area contributed by atoms with Crippen LogP contribution in [-0.4, -0.2) is 31.0 Å². The highest BCUT2D eigenvalue weighted by atomic mass is 32.2. The third kappa shape index (κ3) is 3.09. The van der Waals surface area contributed by atoms with Gasteiger partial charge in [0, 0.05) is 13.1 Å². The normalized spacial score (nSPS) is 25.5. The van der Waals surface area contributed by atoms with Gasteiger partial charge in [-0.15, -0.1) is 0 Å². The Morgan fingerprint density at radius 3 is 2.32 bits per heavy atom. The lowest BCUT2D eigenvalue weighted by Gasteiger charge is -2.33. The van der Waals surface area contributed by atoms with Crippen LogP contribution in [0.2, 0.25) is 0 Å². The van der Waals surface area contributed by atoms with Crippen LogP contribution in [0, 0.1) is 25.7 Å². The molecular formula is C12H21N3O3S. The molecule has 1 aromatic heterocycles. The second kappa shape index (κ2) is 5.13. The Morgan fingerprint density at radius 1 is 1.26 bits per heavy atom. The van der Waals surface area contributed by atoms with Gasteiger partial charge in [0.15, 0.2) is 5.76 Å². The van der Waals surface area contributed by atoms with Crippen LogP contribution in [0.5, 0.6) is 0 Å². The number of nitrogens with zero attached hydrogens (tertiary/aromatic N) is 2. The first-order valence-corrected chi connectivity index (χ1v) is 7.94. The van der Waals surface area contributed by atoms with E-state index >= 15 is 0 Å². The summed E-state index contributed by atoms with van der Waals surface area (Å²) in [6.07, 6.45) is 1.07. The molecule has 2 rings (SSSR count). The summed E-state index contributed by atoms with van der Waals surface area (Å²) in [5, 5.41) is 3.75. The molecule has 1 aromatic rings. The van der Waals surface area contributed by atoms with E-state index in [0.717, 1.165) is 6.42 Å². The Balaban J connectivity index is 2.19. The van der Waals surface area contributed by atoms with Crippen molar-refractivity contribution in [1.29, 1.82) is 0 Å². The third-order valence-corrected chi connectivity index (χ3v) is 4.88. The summed E-state index contributed by atoms with van der Waals surface area (Å²) in [7, 11) is -3.53. The molecule has 2 atom stereocenters. The lowest BCUT2D eigenvalue weighted by molar-refractivity contribution is 0.223. The fourth-order valence-corrected chi connectivity index (χ4v) is 4.20. The standard InChI is InChI=1S/C12H21N3O3S/c1-8-5-9(2)7-15(6-8)19(16,17)14-12-10(3)13-18-11(12)4/h8-9,14H,5-7H2,1-4H3. The fourth-order valence-electron chi connectivity index (χ4n) is 2.62. The fraction of sp³-hybridized carbons (Fsp3) is 0.750. The average molecular weight is 287 g/mol. The number of anilines is 1. The molecule has 0 bridgehead atoms. The van der Waals surface area contributed by atoms with Crippen LogP contribution >= 0.6 is 0 Å². The summed E-state index contributed by atoms with van der Waals surface area (Å²) in [4.78, 5) is 0. The number of nitrogens with one attached hydrogen (secondary N) is 1. The monoisotopic (exact) mass is 287 g/mol. The van der Waals surface area contributed by atoms with Gasteiger partial charge in [-0.2, -0.15) is 12.7 Å². The van der Waals surface area contributed by atoms with Crippen molar-refractivity contribution >= 4 is 15.9 Å². The van der Waals surface area contributed by atoms with Crippen LogP contribution in [0.3, 0.4) is 0 Å². The molecule has 2 heterocycles. The molecule has 1 aliphatic heterocycles. The van der Waals surface area contributed by atoms with Crippen LogP contribution in [-0.2, 0) is 10.2 Å². The summed E-state index contributed by atoms with van der Waals surface area (Å²) in [6, 6.07) is 0. The van der Waals surface area contributed by atoms with Crippen molar-refractivity contribution in [2.45, 2.75) is 34.1 Å². The van der Waals surface area contributed by atoms with E-state index in [9.17, 15) is 8.42 Å². The van der Waals surface area contributed by atoms with Gasteiger partial charge in [-0.1, -0.05) is 19.0 Å². The van der Waals surface area contributed by atoms with E-state index in [1.54, 1.807) is 13.8 Å². The maximum atomic E-state index is 12.4. The average Bonchev–Trinajstić information content (AvgIpc) is 2.59. The number of rotatable bonds is 3. The second-order valence-corrected chi connectivity index (χ2v) is 7.24. The first-order chi connectivity index (χ1) is 8.79. The van der Waals surface area contributed by atoms with E-state index in [1.807, 2.05) is 0 Å². The van der Waals surface area contributed by atoms with Crippen molar-refractivity contribution < 1.29 is 12.9 Å². The summed E-state index contributed by atoms with van der Waals surface area (Å²) in [5.74, 6) is 1.24. The molecule has 0 radical (unpaired) electrons. The predicted octanol–water partition coefficient (Wildman–Crippen LogP) is 1.93. The molecule has 1 aliphatic rings. The van der Waals surface area contributed by atoms with Crippen molar-refractivity contribution in [3.63, 3.8) is 0 Å². The zero-order valence-electron chi connectivity index (χ0n) is 11.8. The molecule has 108 valence electrons. The van der Waals surface area contributed by atoms with Crippen LogP contribution < -0.4 is 4.72 Å². The van der Waals surface area contributed by atoms with Crippen molar-refractivity contribution in [3.8, 4) is 0 Å². The van der Waals surface area contributed by atoms with Crippen LogP contribution in [0.1, 0.15) is 31.7 Å². The van der Waals surface area contributed by atoms with Gasteiger partial charge < -0.3 is 4.52 Å². The highest BCUT2D eigenvalue weighted by molar-refractivity contribution is 7.90. The molecule has 19 heavy (non-hydrogen) atoms. The molecule has 1 N–H and O–H groups in total. The molecule has 0 aliphatic carbocycles. The van der Waals surface area contributed by atoms with E-state index in [-0.39, 0.29) is 0 Å². The maximum absolute atomic E-state index is 12.4. The SMILES string of the molecule is Cc1noc(C)c1NS(=O)(=O)N1CC(C)CC(C)C1. The molecule has 2 unspecified atom stereocenters. The first kappa shape index (κ1) is 14.3. The van der Waals surface area contributed by atoms with Crippen LogP contribution in [0.25, 0.3) is 0 Å². The van der Waals surface area contributed by atoms with E-state index in [1.165, 1.54) is 4.31 Å². The summed E-state index contributed by atoms with van der Waals surface area (Å²) in [5.41, 5.74) is 1.00. The maximum Gasteiger partial charge on any atom is 0.301 e. The molecule has 7 heteroatoms. The Hall–Kier alpha value is -1.08. The van der Waals surface area contributed by atoms with E-state index < -0.39 is 10.2 Å². The van der Waals surface area contributed by atoms with Crippen LogP contribution in [0.4, 0.5) is 5.69 Å². The van der Waals surface area contributed by atoms with E-state index in [0.29, 0.717) is 42.1 Å². The molecule has 6 nitrogen and oxygen atoms in total. The Labute approximate surface area is 114 Å². The second-order valence-electron chi connectivity index (χ2n) is 5.57. The minimum atomic E-state index is -3.53. The molecule has 1 saturated heterocycles. The third-order valence-electron chi connectivity index (χ3n) is 3.44. The minimum Gasteiger partial charge on any atom is -0.359 e. The van der Waals surface area contributed by atoms with E-state index in [2.05, 4.69) is 23.7 Å². The van der Waals surface area contributed by atoms with Gasteiger partial charge in [0.05, 0.1) is 0 Å². The quantitative estimate of drug-likeness (QED) is 0.921. The zero-order chi connectivity index (χ0) is 14.2. The predicted molar refractivity (Wildman–Crippen MR) is 73.0 cm³/mol. The summed E-state index contributed by atoms with van der Waals surface area (Å²) >= 11 is 0. The highest BCUT2D eigenvalue weighted by Gasteiger charge is 2.31. The van der Waals surface area contributed by atoms with Gasteiger partial charge in [0.1, 0.15) is 11.4 Å². The number of hydrogen-bond acceptors (Lipinski definition) is 4. The molecule has 0 saturated carbocycles. The van der Waals surface area contributed by atoms with Gasteiger partial charge in [-0.3, -0.25) is 4.72 Å². The number of hydrogen-bond donors (Lipinski definition) is 1. The Morgan fingerprint density at radius 2 is 1.84 bits per heavy atom. The smallest absolute Gasteiger partial charge is 0.301 e. The summed E-state index contributed by atoms with van der Waals surface area (Å²) < 4.78 is 33.9. The molecule has 0 amide bonds. The molecular weight excluding hydrogens is 266 g/mol. The largest absolute Gasteiger partial charge is 0.359 e. The molecule has 0 aromatic carbocycles. The lowest BCUT2D eigenvalue weighted by atomic mass is 9.94. The van der Waals surface area contributed by atoms with Gasteiger partial charge in [-0.05, 0) is 32.1 Å². The van der Waals surface area contributed by atoms with Gasteiger partial charge in [-0.25, -0.2) is 0 Å².